The van der Waals surface area contributed by atoms with Gasteiger partial charge >= 0.3 is 0 Å². The van der Waals surface area contributed by atoms with Gasteiger partial charge in [0.2, 0.25) is 0 Å². The second kappa shape index (κ2) is 5.70. The fourth-order valence-electron chi connectivity index (χ4n) is 3.05. The highest BCUT2D eigenvalue weighted by Crippen LogP contribution is 2.39. The number of para-hydroxylation sites is 1. The fraction of sp³-hybridized carbons (Fsp3) is 0.333. The van der Waals surface area contributed by atoms with Crippen molar-refractivity contribution in [2.45, 2.75) is 26.3 Å². The summed E-state index contributed by atoms with van der Waals surface area (Å²) in [4.78, 5) is 2.33. The zero-order chi connectivity index (χ0) is 15.0. The number of fused-ring (bicyclic) bond motifs is 1. The van der Waals surface area contributed by atoms with Crippen molar-refractivity contribution in [1.82, 2.24) is 0 Å². The minimum Gasteiger partial charge on any atom is -0.340 e. The van der Waals surface area contributed by atoms with Crippen LogP contribution in [0.4, 0.5) is 11.4 Å². The molecule has 21 heavy (non-hydrogen) atoms. The van der Waals surface area contributed by atoms with Gasteiger partial charge in [0.25, 0.3) is 0 Å². The third-order valence-electron chi connectivity index (χ3n) is 4.13. The van der Waals surface area contributed by atoms with Crippen molar-refractivity contribution in [3.05, 3.63) is 58.6 Å². The zero-order valence-electron chi connectivity index (χ0n) is 12.5. The quantitative estimate of drug-likeness (QED) is 0.872. The Hall–Kier alpha value is -1.51. The molecule has 2 aromatic rings. The minimum absolute atomic E-state index is 0.00381. The second-order valence-corrected chi connectivity index (χ2v) is 6.46. The maximum atomic E-state index is 6.52. The number of benzene rings is 2. The molecule has 0 saturated heterocycles. The lowest BCUT2D eigenvalue weighted by Gasteiger charge is -2.35. The normalized spacial score (nSPS) is 19.2. The highest BCUT2D eigenvalue weighted by Gasteiger charge is 2.24. The molecular formula is C18H21ClN2. The first-order valence-electron chi connectivity index (χ1n) is 7.46. The predicted octanol–water partition coefficient (Wildman–Crippen LogP) is 4.69. The molecule has 0 amide bonds. The summed E-state index contributed by atoms with van der Waals surface area (Å²) in [7, 11) is 0. The molecule has 1 heterocycles. The van der Waals surface area contributed by atoms with Crippen LogP contribution in [-0.2, 0) is 6.42 Å². The summed E-state index contributed by atoms with van der Waals surface area (Å²) < 4.78 is 0. The fourth-order valence-corrected chi connectivity index (χ4v) is 3.34. The molecule has 1 aliphatic heterocycles. The Morgan fingerprint density at radius 3 is 2.67 bits per heavy atom. The number of halogens is 1. The first kappa shape index (κ1) is 14.4. The van der Waals surface area contributed by atoms with Crippen molar-refractivity contribution < 1.29 is 0 Å². The number of nitrogens with two attached hydrogens (primary N) is 1. The van der Waals surface area contributed by atoms with Crippen LogP contribution in [0.3, 0.4) is 0 Å². The highest BCUT2D eigenvalue weighted by atomic mass is 35.5. The molecule has 3 heteroatoms. The molecule has 0 spiro atoms. The van der Waals surface area contributed by atoms with Crippen LogP contribution in [0.5, 0.6) is 0 Å². The monoisotopic (exact) mass is 300 g/mol. The summed E-state index contributed by atoms with van der Waals surface area (Å²) in [6.07, 6.45) is 1.13. The molecule has 110 valence electrons. The standard InChI is InChI=1S/C18H21ClN2/c1-12-9-15-5-3-4-6-17(15)21(11-12)18-8-7-14(13(2)20)10-16(18)19/h3-8,10,12-13H,9,11,20H2,1-2H3/t12?,13-/m1/s1. The molecule has 0 aliphatic carbocycles. The van der Waals surface area contributed by atoms with Gasteiger partial charge < -0.3 is 10.6 Å². The van der Waals surface area contributed by atoms with Crippen LogP contribution in [0.2, 0.25) is 5.02 Å². The summed E-state index contributed by atoms with van der Waals surface area (Å²) in [5.74, 6) is 0.615. The van der Waals surface area contributed by atoms with Crippen molar-refractivity contribution in [3.63, 3.8) is 0 Å². The first-order valence-corrected chi connectivity index (χ1v) is 7.84. The first-order chi connectivity index (χ1) is 10.1. The van der Waals surface area contributed by atoms with E-state index in [2.05, 4.69) is 48.2 Å². The summed E-state index contributed by atoms with van der Waals surface area (Å²) >= 11 is 6.52. The van der Waals surface area contributed by atoms with Gasteiger partial charge in [-0.2, -0.15) is 0 Å². The zero-order valence-corrected chi connectivity index (χ0v) is 13.3. The van der Waals surface area contributed by atoms with Gasteiger partial charge in [-0.1, -0.05) is 42.8 Å². The number of hydrogen-bond acceptors (Lipinski definition) is 2. The van der Waals surface area contributed by atoms with Crippen LogP contribution in [0.15, 0.2) is 42.5 Å². The number of hydrogen-bond donors (Lipinski definition) is 1. The van der Waals surface area contributed by atoms with Crippen molar-refractivity contribution in [1.29, 1.82) is 0 Å². The maximum Gasteiger partial charge on any atom is 0.0646 e. The molecule has 3 rings (SSSR count). The van der Waals surface area contributed by atoms with E-state index in [1.807, 2.05) is 13.0 Å². The second-order valence-electron chi connectivity index (χ2n) is 6.05. The van der Waals surface area contributed by atoms with E-state index in [9.17, 15) is 0 Å². The molecule has 0 saturated carbocycles. The van der Waals surface area contributed by atoms with E-state index in [0.29, 0.717) is 5.92 Å². The largest absolute Gasteiger partial charge is 0.340 e. The molecule has 2 N–H and O–H groups in total. The Morgan fingerprint density at radius 2 is 1.95 bits per heavy atom. The van der Waals surface area contributed by atoms with Gasteiger partial charge in [0, 0.05) is 18.3 Å². The van der Waals surface area contributed by atoms with Crippen molar-refractivity contribution in [2.75, 3.05) is 11.4 Å². The van der Waals surface area contributed by atoms with E-state index in [1.165, 1.54) is 11.3 Å². The van der Waals surface area contributed by atoms with Crippen LogP contribution in [0, 0.1) is 5.92 Å². The molecular weight excluding hydrogens is 280 g/mol. The highest BCUT2D eigenvalue weighted by molar-refractivity contribution is 6.33. The van der Waals surface area contributed by atoms with Crippen LogP contribution in [0.25, 0.3) is 0 Å². The molecule has 2 atom stereocenters. The van der Waals surface area contributed by atoms with Crippen LogP contribution in [0.1, 0.15) is 31.0 Å². The van der Waals surface area contributed by atoms with E-state index in [-0.39, 0.29) is 6.04 Å². The van der Waals surface area contributed by atoms with E-state index < -0.39 is 0 Å². The lowest BCUT2D eigenvalue weighted by molar-refractivity contribution is 0.562. The van der Waals surface area contributed by atoms with Gasteiger partial charge in [0.1, 0.15) is 0 Å². The number of nitrogens with zero attached hydrogens (tertiary/aromatic N) is 1. The number of anilines is 2. The molecule has 2 aromatic carbocycles. The van der Waals surface area contributed by atoms with E-state index in [4.69, 9.17) is 17.3 Å². The SMILES string of the molecule is CC1Cc2ccccc2N(c2ccc([C@@H](C)N)cc2Cl)C1. The Balaban J connectivity index is 2.04. The van der Waals surface area contributed by atoms with Crippen LogP contribution >= 0.6 is 11.6 Å². The molecule has 2 nitrogen and oxygen atoms in total. The number of rotatable bonds is 2. The third-order valence-corrected chi connectivity index (χ3v) is 4.44. The van der Waals surface area contributed by atoms with E-state index in [0.717, 1.165) is 29.2 Å². The van der Waals surface area contributed by atoms with Crippen molar-refractivity contribution in [3.8, 4) is 0 Å². The summed E-state index contributed by atoms with van der Waals surface area (Å²) in [5, 5.41) is 0.772. The molecule has 0 fully saturated rings. The summed E-state index contributed by atoms with van der Waals surface area (Å²) in [5.41, 5.74) is 10.7. The molecule has 0 aromatic heterocycles. The Bertz CT molecular complexity index is 651. The van der Waals surface area contributed by atoms with Crippen molar-refractivity contribution in [2.24, 2.45) is 11.7 Å². The molecule has 1 aliphatic rings. The van der Waals surface area contributed by atoms with Gasteiger partial charge in [-0.05, 0) is 48.6 Å². The van der Waals surface area contributed by atoms with Gasteiger partial charge in [-0.3, -0.25) is 0 Å². The lowest BCUT2D eigenvalue weighted by atomic mass is 9.93. The molecule has 0 radical (unpaired) electrons. The van der Waals surface area contributed by atoms with Crippen molar-refractivity contribution >= 4 is 23.0 Å². The average molecular weight is 301 g/mol. The summed E-state index contributed by atoms with van der Waals surface area (Å²) in [6, 6.07) is 14.7. The van der Waals surface area contributed by atoms with Crippen LogP contribution in [-0.4, -0.2) is 6.54 Å². The molecule has 0 bridgehead atoms. The average Bonchev–Trinajstić information content (AvgIpc) is 2.46. The van der Waals surface area contributed by atoms with E-state index in [1.54, 1.807) is 0 Å². The van der Waals surface area contributed by atoms with Gasteiger partial charge in [-0.25, -0.2) is 0 Å². The Morgan fingerprint density at radius 1 is 1.19 bits per heavy atom. The van der Waals surface area contributed by atoms with Crippen LogP contribution < -0.4 is 10.6 Å². The van der Waals surface area contributed by atoms with Gasteiger partial charge in [0.15, 0.2) is 0 Å². The Labute approximate surface area is 131 Å². The van der Waals surface area contributed by atoms with Gasteiger partial charge in [-0.15, -0.1) is 0 Å². The lowest BCUT2D eigenvalue weighted by Crippen LogP contribution is -2.30. The van der Waals surface area contributed by atoms with E-state index >= 15 is 0 Å². The summed E-state index contributed by atoms with van der Waals surface area (Å²) in [6.45, 7) is 5.25. The topological polar surface area (TPSA) is 29.3 Å². The molecule has 1 unspecified atom stereocenters. The van der Waals surface area contributed by atoms with Gasteiger partial charge in [0.05, 0.1) is 10.7 Å². The Kier molecular flexibility index (Phi) is 3.92. The smallest absolute Gasteiger partial charge is 0.0646 e. The third kappa shape index (κ3) is 2.78. The maximum absolute atomic E-state index is 6.52. The minimum atomic E-state index is 0.00381. The predicted molar refractivity (Wildman–Crippen MR) is 90.4 cm³/mol.